The molecule has 9 heteroatoms. The predicted molar refractivity (Wildman–Crippen MR) is 83.3 cm³/mol. The lowest BCUT2D eigenvalue weighted by molar-refractivity contribution is -0.387. The third kappa shape index (κ3) is 5.11. The van der Waals surface area contributed by atoms with Gasteiger partial charge >= 0.3 is 0 Å². The van der Waals surface area contributed by atoms with Crippen molar-refractivity contribution in [3.63, 3.8) is 0 Å². The van der Waals surface area contributed by atoms with Gasteiger partial charge in [0.2, 0.25) is 0 Å². The number of hydrazone groups is 1. The van der Waals surface area contributed by atoms with Gasteiger partial charge in [-0.3, -0.25) is 15.5 Å². The number of hydrogen-bond acceptors (Lipinski definition) is 6. The van der Waals surface area contributed by atoms with Crippen LogP contribution in [0.25, 0.3) is 0 Å². The minimum Gasteiger partial charge on any atom is -0.396 e. The first-order valence-electron chi connectivity index (χ1n) is 5.61. The highest BCUT2D eigenvalue weighted by Crippen LogP contribution is 2.29. The molecule has 0 heterocycles. The summed E-state index contributed by atoms with van der Waals surface area (Å²) in [6.45, 7) is -0.0313. The van der Waals surface area contributed by atoms with Gasteiger partial charge in [-0.25, -0.2) is 0 Å². The highest BCUT2D eigenvalue weighted by atomic mass is 32.2. The molecule has 0 saturated carbocycles. The maximum absolute atomic E-state index is 11.0. The molecule has 0 aromatic heterocycles. The van der Waals surface area contributed by atoms with Crippen molar-refractivity contribution in [2.45, 2.75) is 4.90 Å². The van der Waals surface area contributed by atoms with Crippen molar-refractivity contribution < 1.29 is 10.0 Å². The zero-order valence-corrected chi connectivity index (χ0v) is 12.3. The second kappa shape index (κ2) is 8.46. The lowest BCUT2D eigenvalue weighted by Gasteiger charge is -2.03. The monoisotopic (exact) mass is 314 g/mol. The quantitative estimate of drug-likeness (QED) is 0.238. The maximum atomic E-state index is 11.0. The fourth-order valence-electron chi connectivity index (χ4n) is 1.26. The summed E-state index contributed by atoms with van der Waals surface area (Å²) in [7, 11) is 1.66. The summed E-state index contributed by atoms with van der Waals surface area (Å²) in [6.07, 6.45) is 1.44. The lowest BCUT2D eigenvalue weighted by atomic mass is 10.2. The summed E-state index contributed by atoms with van der Waals surface area (Å²) in [4.78, 5) is 11.1. The summed E-state index contributed by atoms with van der Waals surface area (Å²) in [5.41, 5.74) is 3.13. The van der Waals surface area contributed by atoms with Crippen molar-refractivity contribution in [3.8, 4) is 0 Å². The van der Waals surface area contributed by atoms with E-state index in [1.54, 1.807) is 19.2 Å². The van der Waals surface area contributed by atoms with Gasteiger partial charge in [-0.05, 0) is 18.3 Å². The topological polar surface area (TPSA) is 99.8 Å². The van der Waals surface area contributed by atoms with Crippen LogP contribution in [0.1, 0.15) is 5.56 Å². The number of nitro groups is 1. The highest BCUT2D eigenvalue weighted by molar-refractivity contribution is 7.99. The van der Waals surface area contributed by atoms with Crippen LogP contribution in [-0.2, 0) is 0 Å². The summed E-state index contributed by atoms with van der Waals surface area (Å²) >= 11 is 6.07. The predicted octanol–water partition coefficient (Wildman–Crippen LogP) is 1.11. The van der Waals surface area contributed by atoms with E-state index in [1.807, 2.05) is 0 Å². The molecule has 0 bridgehead atoms. The second-order valence-corrected chi connectivity index (χ2v) is 5.05. The van der Waals surface area contributed by atoms with Crippen molar-refractivity contribution in [2.24, 2.45) is 5.10 Å². The van der Waals surface area contributed by atoms with Crippen LogP contribution in [0.5, 0.6) is 0 Å². The standard InChI is InChI=1S/C11H14N4O3S2/c1-12-11(19)14-13-7-8-2-3-10(20-5-4-16)9(6-8)15(17)18/h2-3,6-7,16H,4-5H2,1H3,(H2,12,14,19). The van der Waals surface area contributed by atoms with Gasteiger partial charge in [-0.1, -0.05) is 6.07 Å². The van der Waals surface area contributed by atoms with Gasteiger partial charge in [-0.2, -0.15) is 5.10 Å². The number of aliphatic hydroxyl groups is 1. The zero-order chi connectivity index (χ0) is 15.0. The highest BCUT2D eigenvalue weighted by Gasteiger charge is 2.14. The Hall–Kier alpha value is -1.71. The van der Waals surface area contributed by atoms with Crippen LogP contribution in [0.2, 0.25) is 0 Å². The summed E-state index contributed by atoms with van der Waals surface area (Å²) in [5.74, 6) is 0.409. The zero-order valence-electron chi connectivity index (χ0n) is 10.7. The third-order valence-electron chi connectivity index (χ3n) is 2.14. The maximum Gasteiger partial charge on any atom is 0.283 e. The Morgan fingerprint density at radius 1 is 1.65 bits per heavy atom. The molecule has 1 aromatic rings. The number of thioether (sulfide) groups is 1. The van der Waals surface area contributed by atoms with Gasteiger partial charge in [0.25, 0.3) is 5.69 Å². The molecule has 0 aliphatic rings. The third-order valence-corrected chi connectivity index (χ3v) is 3.47. The van der Waals surface area contributed by atoms with E-state index in [0.29, 0.717) is 21.3 Å². The van der Waals surface area contributed by atoms with E-state index in [0.717, 1.165) is 0 Å². The van der Waals surface area contributed by atoms with Gasteiger partial charge < -0.3 is 10.4 Å². The van der Waals surface area contributed by atoms with Crippen molar-refractivity contribution >= 4 is 41.0 Å². The molecular weight excluding hydrogens is 300 g/mol. The number of aliphatic hydroxyl groups excluding tert-OH is 1. The van der Waals surface area contributed by atoms with E-state index in [4.69, 9.17) is 17.3 Å². The minimum atomic E-state index is -0.456. The van der Waals surface area contributed by atoms with Gasteiger partial charge in [-0.15, -0.1) is 11.8 Å². The molecule has 0 spiro atoms. The van der Waals surface area contributed by atoms with Crippen molar-refractivity contribution in [2.75, 3.05) is 19.4 Å². The Morgan fingerprint density at radius 3 is 3.00 bits per heavy atom. The number of nitrogens with zero attached hydrogens (tertiary/aromatic N) is 2. The Balaban J connectivity index is 2.87. The number of benzene rings is 1. The largest absolute Gasteiger partial charge is 0.396 e. The van der Waals surface area contributed by atoms with Gasteiger partial charge in [0, 0.05) is 24.4 Å². The number of rotatable bonds is 6. The van der Waals surface area contributed by atoms with Crippen molar-refractivity contribution in [1.82, 2.24) is 10.7 Å². The number of nitro benzene ring substituents is 1. The molecule has 0 fully saturated rings. The molecule has 7 nitrogen and oxygen atoms in total. The first-order chi connectivity index (χ1) is 9.58. The second-order valence-electron chi connectivity index (χ2n) is 3.51. The van der Waals surface area contributed by atoms with Crippen LogP contribution in [-0.4, -0.2) is 40.8 Å². The first-order valence-corrected chi connectivity index (χ1v) is 7.00. The molecule has 1 rings (SSSR count). The minimum absolute atomic E-state index is 0.0106. The first kappa shape index (κ1) is 16.3. The van der Waals surface area contributed by atoms with Crippen molar-refractivity contribution in [1.29, 1.82) is 0 Å². The Bertz CT molecular complexity index is 522. The molecule has 0 aliphatic heterocycles. The molecule has 20 heavy (non-hydrogen) atoms. The molecular formula is C11H14N4O3S2. The SMILES string of the molecule is CNC(=S)NN=Cc1ccc(SCCO)c([N+](=O)[O-])c1. The van der Waals surface area contributed by atoms with E-state index in [9.17, 15) is 10.1 Å². The fraction of sp³-hybridized carbons (Fsp3) is 0.273. The van der Waals surface area contributed by atoms with E-state index >= 15 is 0 Å². The molecule has 0 atom stereocenters. The van der Waals surface area contributed by atoms with Gasteiger partial charge in [0.05, 0.1) is 22.6 Å². The molecule has 1 aromatic carbocycles. The van der Waals surface area contributed by atoms with E-state index in [-0.39, 0.29) is 12.3 Å². The van der Waals surface area contributed by atoms with E-state index in [2.05, 4.69) is 15.8 Å². The van der Waals surface area contributed by atoms with Crippen LogP contribution < -0.4 is 10.7 Å². The number of nitrogens with one attached hydrogen (secondary N) is 2. The molecule has 0 radical (unpaired) electrons. The molecule has 0 unspecified atom stereocenters. The van der Waals surface area contributed by atoms with E-state index < -0.39 is 4.92 Å². The molecule has 0 aliphatic carbocycles. The molecule has 3 N–H and O–H groups in total. The smallest absolute Gasteiger partial charge is 0.283 e. The van der Waals surface area contributed by atoms with Crippen LogP contribution in [0.3, 0.4) is 0 Å². The normalized spacial score (nSPS) is 10.5. The van der Waals surface area contributed by atoms with Gasteiger partial charge in [0.1, 0.15) is 0 Å². The fourth-order valence-corrected chi connectivity index (χ4v) is 2.07. The average molecular weight is 314 g/mol. The average Bonchev–Trinajstić information content (AvgIpc) is 2.45. The van der Waals surface area contributed by atoms with Crippen LogP contribution in [0, 0.1) is 10.1 Å². The molecule has 108 valence electrons. The lowest BCUT2D eigenvalue weighted by Crippen LogP contribution is -2.28. The van der Waals surface area contributed by atoms with Gasteiger partial charge in [0.15, 0.2) is 5.11 Å². The van der Waals surface area contributed by atoms with E-state index in [1.165, 1.54) is 24.0 Å². The Kier molecular flexibility index (Phi) is 6.91. The Morgan fingerprint density at radius 2 is 2.40 bits per heavy atom. The Labute approximate surface area is 125 Å². The van der Waals surface area contributed by atoms with Crippen LogP contribution in [0.15, 0.2) is 28.2 Å². The molecule has 0 saturated heterocycles. The van der Waals surface area contributed by atoms with Crippen LogP contribution >= 0.6 is 24.0 Å². The summed E-state index contributed by atoms with van der Waals surface area (Å²) in [6, 6.07) is 4.77. The van der Waals surface area contributed by atoms with Crippen LogP contribution in [0.4, 0.5) is 5.69 Å². The summed E-state index contributed by atoms with van der Waals surface area (Å²) in [5, 5.41) is 26.7. The number of hydrogen-bond donors (Lipinski definition) is 3. The molecule has 0 amide bonds. The van der Waals surface area contributed by atoms with Crippen molar-refractivity contribution in [3.05, 3.63) is 33.9 Å². The summed E-state index contributed by atoms with van der Waals surface area (Å²) < 4.78 is 0. The number of thiocarbonyl (C=S) groups is 1.